The van der Waals surface area contributed by atoms with Gasteiger partial charge in [-0.05, 0) is 24.3 Å². The monoisotopic (exact) mass is 282 g/mol. The van der Waals surface area contributed by atoms with E-state index in [0.29, 0.717) is 6.10 Å². The second-order valence-electron chi connectivity index (χ2n) is 4.34. The second kappa shape index (κ2) is 5.03. The average molecular weight is 282 g/mol. The minimum Gasteiger partial charge on any atom is -0.377 e. The van der Waals surface area contributed by atoms with Crippen LogP contribution in [0.25, 0.3) is 10.2 Å². The van der Waals surface area contributed by atoms with Gasteiger partial charge in [-0.25, -0.2) is 4.98 Å². The Balaban J connectivity index is 1.86. The summed E-state index contributed by atoms with van der Waals surface area (Å²) in [4.78, 5) is 16.6. The van der Waals surface area contributed by atoms with Gasteiger partial charge in [-0.2, -0.15) is 0 Å². The van der Waals surface area contributed by atoms with Crippen molar-refractivity contribution in [1.29, 1.82) is 0 Å². The molecule has 1 atom stereocenters. The molecule has 1 saturated heterocycles. The molecule has 96 valence electrons. The normalized spacial score (nSPS) is 19.7. The molecule has 3 heterocycles. The Bertz CT molecular complexity index is 614. The molecular weight excluding hydrogens is 268 g/mol. The van der Waals surface area contributed by atoms with Crippen molar-refractivity contribution >= 4 is 33.3 Å². The van der Waals surface area contributed by atoms with E-state index in [4.69, 9.17) is 4.74 Å². The first kappa shape index (κ1) is 12.2. The van der Waals surface area contributed by atoms with Crippen molar-refractivity contribution in [3.8, 4) is 0 Å². The summed E-state index contributed by atoms with van der Waals surface area (Å²) in [7, 11) is 1.78. The lowest BCUT2D eigenvalue weighted by molar-refractivity contribution is 0.129. The van der Waals surface area contributed by atoms with E-state index in [1.165, 1.54) is 11.3 Å². The standard InChI is InChI=1S/C12H14N2O2S2/c1-14-11(15)10-9(4-6-17-10)13-12(14)18-7-8-3-2-5-16-8/h4,6,8H,2-3,5,7H2,1H3/t8-/m1/s1. The third-order valence-electron chi connectivity index (χ3n) is 3.07. The number of ether oxygens (including phenoxy) is 1. The van der Waals surface area contributed by atoms with Crippen molar-refractivity contribution in [3.05, 3.63) is 21.8 Å². The Morgan fingerprint density at radius 2 is 2.56 bits per heavy atom. The molecule has 0 N–H and O–H groups in total. The largest absolute Gasteiger partial charge is 0.377 e. The molecular formula is C12H14N2O2S2. The fraction of sp³-hybridized carbons (Fsp3) is 0.500. The summed E-state index contributed by atoms with van der Waals surface area (Å²) in [5.41, 5.74) is 0.850. The summed E-state index contributed by atoms with van der Waals surface area (Å²) in [6, 6.07) is 1.90. The predicted molar refractivity (Wildman–Crippen MR) is 74.6 cm³/mol. The zero-order valence-corrected chi connectivity index (χ0v) is 11.7. The first-order chi connectivity index (χ1) is 8.75. The average Bonchev–Trinajstić information content (AvgIpc) is 3.02. The number of nitrogens with zero attached hydrogens (tertiary/aromatic N) is 2. The second-order valence-corrected chi connectivity index (χ2v) is 6.24. The van der Waals surface area contributed by atoms with Crippen LogP contribution in [0.15, 0.2) is 21.4 Å². The van der Waals surface area contributed by atoms with E-state index in [9.17, 15) is 4.79 Å². The lowest BCUT2D eigenvalue weighted by Crippen LogP contribution is -2.20. The van der Waals surface area contributed by atoms with Crippen molar-refractivity contribution in [2.75, 3.05) is 12.4 Å². The number of thioether (sulfide) groups is 1. The molecule has 0 unspecified atom stereocenters. The summed E-state index contributed by atoms with van der Waals surface area (Å²) in [6.07, 6.45) is 2.56. The van der Waals surface area contributed by atoms with Crippen LogP contribution in [-0.4, -0.2) is 28.0 Å². The fourth-order valence-electron chi connectivity index (χ4n) is 2.04. The van der Waals surface area contributed by atoms with Crippen LogP contribution in [0, 0.1) is 0 Å². The van der Waals surface area contributed by atoms with E-state index < -0.39 is 0 Å². The van der Waals surface area contributed by atoms with Crippen LogP contribution in [0.5, 0.6) is 0 Å². The molecule has 0 amide bonds. The molecule has 0 radical (unpaired) electrons. The van der Waals surface area contributed by atoms with Gasteiger partial charge >= 0.3 is 0 Å². The first-order valence-electron chi connectivity index (χ1n) is 5.94. The molecule has 3 rings (SSSR count). The molecule has 4 nitrogen and oxygen atoms in total. The van der Waals surface area contributed by atoms with E-state index in [-0.39, 0.29) is 5.56 Å². The van der Waals surface area contributed by atoms with E-state index in [2.05, 4.69) is 4.98 Å². The lowest BCUT2D eigenvalue weighted by atomic mass is 10.3. The van der Waals surface area contributed by atoms with Gasteiger partial charge in [-0.15, -0.1) is 11.3 Å². The molecule has 1 fully saturated rings. The Kier molecular flexibility index (Phi) is 3.41. The van der Waals surface area contributed by atoms with Crippen LogP contribution in [0.2, 0.25) is 0 Å². The van der Waals surface area contributed by atoms with Gasteiger partial charge in [0.05, 0.1) is 11.6 Å². The molecule has 0 saturated carbocycles. The molecule has 18 heavy (non-hydrogen) atoms. The highest BCUT2D eigenvalue weighted by atomic mass is 32.2. The smallest absolute Gasteiger partial charge is 0.271 e. The highest BCUT2D eigenvalue weighted by Crippen LogP contribution is 2.23. The molecule has 2 aromatic heterocycles. The minimum atomic E-state index is 0.0461. The van der Waals surface area contributed by atoms with Crippen LogP contribution in [-0.2, 0) is 11.8 Å². The van der Waals surface area contributed by atoms with Crippen LogP contribution in [0.1, 0.15) is 12.8 Å². The Labute approximate surface area is 113 Å². The van der Waals surface area contributed by atoms with Crippen molar-refractivity contribution in [2.24, 2.45) is 7.05 Å². The highest BCUT2D eigenvalue weighted by molar-refractivity contribution is 7.99. The first-order valence-corrected chi connectivity index (χ1v) is 7.81. The summed E-state index contributed by atoms with van der Waals surface area (Å²) in [5, 5.41) is 2.69. The van der Waals surface area contributed by atoms with Gasteiger partial charge in [0.2, 0.25) is 0 Å². The number of aromatic nitrogens is 2. The molecule has 2 aromatic rings. The van der Waals surface area contributed by atoms with Crippen molar-refractivity contribution in [3.63, 3.8) is 0 Å². The van der Waals surface area contributed by atoms with E-state index >= 15 is 0 Å². The zero-order valence-electron chi connectivity index (χ0n) is 10.1. The predicted octanol–water partition coefficient (Wildman–Crippen LogP) is 2.27. The quantitative estimate of drug-likeness (QED) is 0.640. The maximum absolute atomic E-state index is 12.1. The third kappa shape index (κ3) is 2.20. The molecule has 0 bridgehead atoms. The number of thiophene rings is 1. The summed E-state index contributed by atoms with van der Waals surface area (Å²) in [6.45, 7) is 0.862. The maximum atomic E-state index is 12.1. The molecule has 0 spiro atoms. The van der Waals surface area contributed by atoms with E-state index in [1.807, 2.05) is 11.4 Å². The molecule has 6 heteroatoms. The van der Waals surface area contributed by atoms with E-state index in [0.717, 1.165) is 40.6 Å². The Hall–Kier alpha value is -0.850. The van der Waals surface area contributed by atoms with Gasteiger partial charge < -0.3 is 4.74 Å². The van der Waals surface area contributed by atoms with Gasteiger partial charge in [0.1, 0.15) is 4.70 Å². The molecule has 0 aliphatic carbocycles. The third-order valence-corrected chi connectivity index (χ3v) is 5.12. The molecule has 1 aliphatic heterocycles. The van der Waals surface area contributed by atoms with Crippen molar-refractivity contribution in [2.45, 2.75) is 24.1 Å². The molecule has 0 aromatic carbocycles. The summed E-state index contributed by atoms with van der Waals surface area (Å²) in [5.74, 6) is 0.871. The van der Waals surface area contributed by atoms with Gasteiger partial charge in [0.15, 0.2) is 5.16 Å². The maximum Gasteiger partial charge on any atom is 0.271 e. The van der Waals surface area contributed by atoms with Crippen molar-refractivity contribution in [1.82, 2.24) is 9.55 Å². The van der Waals surface area contributed by atoms with E-state index in [1.54, 1.807) is 23.4 Å². The number of hydrogen-bond donors (Lipinski definition) is 0. The zero-order chi connectivity index (χ0) is 12.5. The highest BCUT2D eigenvalue weighted by Gasteiger charge is 2.17. The summed E-state index contributed by atoms with van der Waals surface area (Å²) < 4.78 is 7.96. The van der Waals surface area contributed by atoms with Crippen LogP contribution >= 0.6 is 23.1 Å². The topological polar surface area (TPSA) is 44.1 Å². The SMILES string of the molecule is Cn1c(SC[C@H]2CCCO2)nc2ccsc2c1=O. The number of fused-ring (bicyclic) bond motifs is 1. The van der Waals surface area contributed by atoms with Gasteiger partial charge in [-0.1, -0.05) is 11.8 Å². The number of rotatable bonds is 3. The fourth-order valence-corrected chi connectivity index (χ4v) is 3.88. The van der Waals surface area contributed by atoms with Crippen LogP contribution in [0.4, 0.5) is 0 Å². The summed E-state index contributed by atoms with van der Waals surface area (Å²) >= 11 is 3.06. The Morgan fingerprint density at radius 1 is 1.67 bits per heavy atom. The minimum absolute atomic E-state index is 0.0461. The van der Waals surface area contributed by atoms with Gasteiger partial charge in [-0.3, -0.25) is 9.36 Å². The van der Waals surface area contributed by atoms with Crippen LogP contribution < -0.4 is 5.56 Å². The Morgan fingerprint density at radius 3 is 3.33 bits per heavy atom. The van der Waals surface area contributed by atoms with Gasteiger partial charge in [0.25, 0.3) is 5.56 Å². The van der Waals surface area contributed by atoms with Crippen LogP contribution in [0.3, 0.4) is 0 Å². The number of hydrogen-bond acceptors (Lipinski definition) is 5. The molecule has 1 aliphatic rings. The van der Waals surface area contributed by atoms with Gasteiger partial charge in [0, 0.05) is 19.4 Å². The lowest BCUT2D eigenvalue weighted by Gasteiger charge is -2.10. The van der Waals surface area contributed by atoms with Crippen molar-refractivity contribution < 1.29 is 4.74 Å².